The molecule has 0 saturated carbocycles. The lowest BCUT2D eigenvalue weighted by Gasteiger charge is -2.38. The number of benzene rings is 1. The minimum atomic E-state index is -4.72. The fraction of sp³-hybridized carbons (Fsp3) is 0.474. The zero-order valence-corrected chi connectivity index (χ0v) is 16.4. The van der Waals surface area contributed by atoms with E-state index in [2.05, 4.69) is 19.9 Å². The minimum absolute atomic E-state index is 0.257. The number of hydrogen-bond donors (Lipinski definition) is 1. The first-order valence-electron chi connectivity index (χ1n) is 9.57. The summed E-state index contributed by atoms with van der Waals surface area (Å²) < 4.78 is 43.3. The predicted octanol–water partition coefficient (Wildman–Crippen LogP) is 3.94. The molecule has 3 aromatic rings. The van der Waals surface area contributed by atoms with Crippen LogP contribution in [-0.4, -0.2) is 47.1 Å². The Hall–Kier alpha value is -2.33. The first-order valence-corrected chi connectivity index (χ1v) is 10.4. The molecule has 0 atom stereocenters. The molecule has 1 N–H and O–H groups in total. The summed E-state index contributed by atoms with van der Waals surface area (Å²) in [5.74, 6) is -0.257. The maximum Gasteiger partial charge on any atom is 0.573 e. The Balaban J connectivity index is 1.39. The van der Waals surface area contributed by atoms with Gasteiger partial charge in [0.25, 0.3) is 0 Å². The second-order valence-electron chi connectivity index (χ2n) is 7.71. The molecule has 1 spiro atoms. The Morgan fingerprint density at radius 1 is 1.17 bits per heavy atom. The number of alkyl halides is 3. The molecular formula is C19H20F3N5OS. The molecule has 154 valence electrons. The van der Waals surface area contributed by atoms with E-state index in [0.717, 1.165) is 49.1 Å². The van der Waals surface area contributed by atoms with Crippen molar-refractivity contribution < 1.29 is 17.9 Å². The highest BCUT2D eigenvalue weighted by molar-refractivity contribution is 7.20. The third kappa shape index (κ3) is 3.66. The molecule has 0 unspecified atom stereocenters. The average Bonchev–Trinajstić information content (AvgIpc) is 3.37. The second kappa shape index (κ2) is 6.88. The number of halogens is 3. The summed E-state index contributed by atoms with van der Waals surface area (Å²) in [5.41, 5.74) is 1.65. The average molecular weight is 423 g/mol. The highest BCUT2D eigenvalue weighted by Gasteiger charge is 2.37. The molecular weight excluding hydrogens is 403 g/mol. The van der Waals surface area contributed by atoms with Crippen molar-refractivity contribution in [1.29, 1.82) is 0 Å². The van der Waals surface area contributed by atoms with Crippen molar-refractivity contribution in [2.24, 2.45) is 5.41 Å². The van der Waals surface area contributed by atoms with E-state index in [1.807, 2.05) is 0 Å². The normalized spacial score (nSPS) is 19.3. The molecule has 6 nitrogen and oxygen atoms in total. The number of hydrogen-bond acceptors (Lipinski definition) is 6. The largest absolute Gasteiger partial charge is 0.573 e. The molecule has 4 heterocycles. The highest BCUT2D eigenvalue weighted by Crippen LogP contribution is 2.39. The van der Waals surface area contributed by atoms with Crippen LogP contribution in [0.25, 0.3) is 16.2 Å². The number of nitrogens with one attached hydrogen (secondary N) is 1. The fourth-order valence-electron chi connectivity index (χ4n) is 4.25. The topological polar surface area (TPSA) is 54.7 Å². The molecule has 2 aliphatic rings. The first-order chi connectivity index (χ1) is 13.9. The van der Waals surface area contributed by atoms with Gasteiger partial charge < -0.3 is 15.0 Å². The Labute approximate surface area is 169 Å². The van der Waals surface area contributed by atoms with Crippen molar-refractivity contribution in [2.75, 3.05) is 31.1 Å². The number of anilines is 1. The van der Waals surface area contributed by atoms with E-state index >= 15 is 0 Å². The zero-order valence-electron chi connectivity index (χ0n) is 15.6. The quantitative estimate of drug-likeness (QED) is 0.692. The molecule has 0 amide bonds. The van der Waals surface area contributed by atoms with E-state index in [0.29, 0.717) is 16.7 Å². The molecule has 2 fully saturated rings. The smallest absolute Gasteiger partial charge is 0.406 e. The molecule has 0 bridgehead atoms. The zero-order chi connectivity index (χ0) is 20.1. The van der Waals surface area contributed by atoms with Crippen LogP contribution in [0.1, 0.15) is 19.3 Å². The summed E-state index contributed by atoms with van der Waals surface area (Å²) in [6.07, 6.45) is 0.435. The van der Waals surface area contributed by atoms with E-state index in [-0.39, 0.29) is 5.75 Å². The second-order valence-corrected chi connectivity index (χ2v) is 8.65. The summed E-state index contributed by atoms with van der Waals surface area (Å²) in [6.45, 7) is 4.12. The lowest BCUT2D eigenvalue weighted by Crippen LogP contribution is -2.41. The molecule has 2 aliphatic heterocycles. The number of ether oxygens (including phenoxy) is 1. The molecule has 2 aromatic heterocycles. The van der Waals surface area contributed by atoms with Gasteiger partial charge >= 0.3 is 6.36 Å². The number of aromatic nitrogens is 3. The predicted molar refractivity (Wildman–Crippen MR) is 104 cm³/mol. The van der Waals surface area contributed by atoms with Gasteiger partial charge in [-0.05, 0) is 43.4 Å². The van der Waals surface area contributed by atoms with E-state index in [1.54, 1.807) is 16.8 Å². The van der Waals surface area contributed by atoms with Crippen LogP contribution in [0, 0.1) is 5.41 Å². The maximum absolute atomic E-state index is 12.5. The minimum Gasteiger partial charge on any atom is -0.406 e. The Kier molecular flexibility index (Phi) is 4.43. The molecule has 0 aliphatic carbocycles. The Bertz CT molecular complexity index is 1010. The van der Waals surface area contributed by atoms with Gasteiger partial charge in [-0.3, -0.25) is 0 Å². The van der Waals surface area contributed by atoms with Crippen molar-refractivity contribution in [1.82, 2.24) is 19.9 Å². The lowest BCUT2D eigenvalue weighted by atomic mass is 9.78. The third-order valence-corrected chi connectivity index (χ3v) is 6.85. The van der Waals surface area contributed by atoms with Gasteiger partial charge in [-0.2, -0.15) is 0 Å². The number of rotatable bonds is 3. The molecule has 2 saturated heterocycles. The van der Waals surface area contributed by atoms with Crippen LogP contribution in [0.4, 0.5) is 18.3 Å². The van der Waals surface area contributed by atoms with Gasteiger partial charge in [0.1, 0.15) is 5.75 Å². The van der Waals surface area contributed by atoms with Crippen LogP contribution < -0.4 is 15.0 Å². The molecule has 5 rings (SSSR count). The van der Waals surface area contributed by atoms with Crippen LogP contribution in [0.3, 0.4) is 0 Å². The van der Waals surface area contributed by atoms with E-state index in [1.165, 1.54) is 36.0 Å². The molecule has 29 heavy (non-hydrogen) atoms. The Morgan fingerprint density at radius 2 is 2.00 bits per heavy atom. The summed E-state index contributed by atoms with van der Waals surface area (Å²) in [4.78, 5) is 7.41. The van der Waals surface area contributed by atoms with Gasteiger partial charge in [-0.15, -0.1) is 18.3 Å². The highest BCUT2D eigenvalue weighted by atomic mass is 32.1. The first kappa shape index (κ1) is 18.7. The summed E-state index contributed by atoms with van der Waals surface area (Å²) in [5, 5.41) is 9.09. The third-order valence-electron chi connectivity index (χ3n) is 5.86. The van der Waals surface area contributed by atoms with Gasteiger partial charge in [-0.25, -0.2) is 9.50 Å². The van der Waals surface area contributed by atoms with E-state index in [4.69, 9.17) is 5.10 Å². The monoisotopic (exact) mass is 423 g/mol. The maximum atomic E-state index is 12.5. The van der Waals surface area contributed by atoms with Crippen LogP contribution in [0.2, 0.25) is 0 Å². The van der Waals surface area contributed by atoms with Gasteiger partial charge in [-0.1, -0.05) is 23.5 Å². The molecule has 10 heteroatoms. The molecule has 0 radical (unpaired) electrons. The summed E-state index contributed by atoms with van der Waals surface area (Å²) in [6, 6.07) is 5.89. The lowest BCUT2D eigenvalue weighted by molar-refractivity contribution is -0.274. The number of fused-ring (bicyclic) bond motifs is 1. The standard InChI is InChI=1S/C19H20F3N5OS/c20-19(21,22)28-14-3-1-2-13(10-14)15-11-24-16-27(15)25-17(29-16)26-8-5-18(6-9-26)4-7-23-12-18/h1-3,10-11,23H,4-9,12H2. The van der Waals surface area contributed by atoms with Crippen molar-refractivity contribution >= 4 is 21.4 Å². The van der Waals surface area contributed by atoms with E-state index < -0.39 is 6.36 Å². The van der Waals surface area contributed by atoms with Gasteiger partial charge in [0.2, 0.25) is 10.1 Å². The van der Waals surface area contributed by atoms with Crippen LogP contribution in [0.15, 0.2) is 30.5 Å². The SMILES string of the molecule is FC(F)(F)Oc1cccc(-c2cnc3sc(N4CCC5(CCNC5)CC4)nn23)c1. The van der Waals surface area contributed by atoms with Crippen molar-refractivity contribution in [3.63, 3.8) is 0 Å². The van der Waals surface area contributed by atoms with E-state index in [9.17, 15) is 13.2 Å². The van der Waals surface area contributed by atoms with Gasteiger partial charge in [0, 0.05) is 25.2 Å². The van der Waals surface area contributed by atoms with Crippen molar-refractivity contribution in [3.8, 4) is 17.0 Å². The van der Waals surface area contributed by atoms with Crippen LogP contribution in [0.5, 0.6) is 5.75 Å². The van der Waals surface area contributed by atoms with Gasteiger partial charge in [0.05, 0.1) is 11.9 Å². The Morgan fingerprint density at radius 3 is 2.72 bits per heavy atom. The summed E-state index contributed by atoms with van der Waals surface area (Å²) in [7, 11) is 0. The fourth-order valence-corrected chi connectivity index (χ4v) is 5.18. The van der Waals surface area contributed by atoms with Crippen LogP contribution in [-0.2, 0) is 0 Å². The number of piperidine rings is 1. The van der Waals surface area contributed by atoms with Crippen molar-refractivity contribution in [3.05, 3.63) is 30.5 Å². The van der Waals surface area contributed by atoms with Crippen LogP contribution >= 0.6 is 11.3 Å². The summed E-state index contributed by atoms with van der Waals surface area (Å²) >= 11 is 1.50. The number of imidazole rings is 1. The van der Waals surface area contributed by atoms with Gasteiger partial charge in [0.15, 0.2) is 0 Å². The molecule has 1 aromatic carbocycles. The van der Waals surface area contributed by atoms with Crippen molar-refractivity contribution in [2.45, 2.75) is 25.6 Å². The number of nitrogens with zero attached hydrogens (tertiary/aromatic N) is 4.